The number of alkyl halides is 4. The molecule has 1 aliphatic heterocycles. The van der Waals surface area contributed by atoms with Crippen LogP contribution in [0.5, 0.6) is 5.88 Å². The van der Waals surface area contributed by atoms with Crippen LogP contribution in [0.4, 0.5) is 22.0 Å². The topological polar surface area (TPSA) is 99.7 Å². The highest BCUT2D eigenvalue weighted by Gasteiger charge is 2.46. The fourth-order valence-electron chi connectivity index (χ4n) is 2.97. The number of benzene rings is 1. The molecule has 0 saturated heterocycles. The lowest BCUT2D eigenvalue weighted by Crippen LogP contribution is -2.45. The second-order valence-electron chi connectivity index (χ2n) is 6.68. The van der Waals surface area contributed by atoms with Crippen molar-refractivity contribution in [3.8, 4) is 5.88 Å². The zero-order valence-electron chi connectivity index (χ0n) is 16.3. The summed E-state index contributed by atoms with van der Waals surface area (Å²) in [5, 5.41) is 0. The van der Waals surface area contributed by atoms with Gasteiger partial charge in [-0.15, -0.1) is 12.4 Å². The minimum Gasteiger partial charge on any atom is -0.470 e. The number of aromatic nitrogens is 2. The molecule has 7 nitrogen and oxygen atoms in total. The second kappa shape index (κ2) is 10.6. The monoisotopic (exact) mass is 480 g/mol. The molecule has 1 aromatic carbocycles. The molecule has 0 radical (unpaired) electrons. The van der Waals surface area contributed by atoms with Crippen molar-refractivity contribution in [2.45, 2.75) is 24.8 Å². The van der Waals surface area contributed by atoms with E-state index in [2.05, 4.69) is 19.7 Å². The highest BCUT2D eigenvalue weighted by molar-refractivity contribution is 5.95. The first-order valence-electron chi connectivity index (χ1n) is 8.96. The van der Waals surface area contributed by atoms with Gasteiger partial charge in [0.2, 0.25) is 5.88 Å². The fourth-order valence-corrected chi connectivity index (χ4v) is 2.97. The number of carbonyl (C=O) groups is 1. The van der Waals surface area contributed by atoms with Crippen molar-refractivity contribution in [1.82, 2.24) is 9.97 Å². The molecule has 0 spiro atoms. The number of aliphatic imine (C=N–C) groups is 1. The number of hydrogen-bond acceptors (Lipinski definition) is 7. The van der Waals surface area contributed by atoms with Crippen LogP contribution in [-0.2, 0) is 16.7 Å². The summed E-state index contributed by atoms with van der Waals surface area (Å²) in [4.78, 5) is 23.7. The van der Waals surface area contributed by atoms with E-state index in [1.165, 1.54) is 6.07 Å². The maximum atomic E-state index is 14.4. The lowest BCUT2D eigenvalue weighted by atomic mass is 9.88. The van der Waals surface area contributed by atoms with E-state index in [4.69, 9.17) is 10.5 Å². The Balaban J connectivity index is 0.00000363. The van der Waals surface area contributed by atoms with Crippen LogP contribution < -0.4 is 10.5 Å². The van der Waals surface area contributed by atoms with Crippen LogP contribution >= 0.6 is 12.4 Å². The van der Waals surface area contributed by atoms with E-state index in [1.807, 2.05) is 0 Å². The summed E-state index contributed by atoms with van der Waals surface area (Å²) >= 11 is 0. The van der Waals surface area contributed by atoms with Crippen LogP contribution in [-0.4, -0.2) is 54.3 Å². The third-order valence-corrected chi connectivity index (χ3v) is 4.41. The van der Waals surface area contributed by atoms with Crippen molar-refractivity contribution < 1.29 is 36.2 Å². The van der Waals surface area contributed by atoms with E-state index in [-0.39, 0.29) is 48.4 Å². The number of Topliss-reactive ketones (excluding diaryl/α,β-unsaturated/α-hetero) is 1. The van der Waals surface area contributed by atoms with E-state index in [0.29, 0.717) is 0 Å². The molecular formula is C19H18ClF5N4O3. The predicted octanol–water partition coefficient (Wildman–Crippen LogP) is 2.95. The van der Waals surface area contributed by atoms with Crippen molar-refractivity contribution >= 4 is 24.0 Å². The molecular weight excluding hydrogens is 463 g/mol. The van der Waals surface area contributed by atoms with Crippen molar-refractivity contribution in [1.29, 1.82) is 0 Å². The van der Waals surface area contributed by atoms with Crippen LogP contribution in [0.3, 0.4) is 0 Å². The zero-order chi connectivity index (χ0) is 22.6. The number of hydrogen-bond donors (Lipinski definition) is 1. The Labute approximate surface area is 185 Å². The predicted molar refractivity (Wildman–Crippen MR) is 105 cm³/mol. The Morgan fingerprint density at radius 3 is 2.56 bits per heavy atom. The van der Waals surface area contributed by atoms with Gasteiger partial charge in [-0.05, 0) is 17.7 Å². The van der Waals surface area contributed by atoms with Gasteiger partial charge < -0.3 is 15.2 Å². The minimum absolute atomic E-state index is 0. The van der Waals surface area contributed by atoms with Gasteiger partial charge in [0.25, 0.3) is 12.9 Å². The highest BCUT2D eigenvalue weighted by Crippen LogP contribution is 2.37. The van der Waals surface area contributed by atoms with Gasteiger partial charge in [-0.1, -0.05) is 6.07 Å². The van der Waals surface area contributed by atoms with Crippen molar-refractivity contribution in [2.24, 2.45) is 10.7 Å². The van der Waals surface area contributed by atoms with Gasteiger partial charge in [0, 0.05) is 12.0 Å². The van der Waals surface area contributed by atoms with Crippen LogP contribution in [0.1, 0.15) is 21.6 Å². The van der Waals surface area contributed by atoms with Gasteiger partial charge in [-0.25, -0.2) is 31.9 Å². The quantitative estimate of drug-likeness (QED) is 0.460. The summed E-state index contributed by atoms with van der Waals surface area (Å²) in [6.45, 7) is -1.60. The van der Waals surface area contributed by atoms with Gasteiger partial charge in [0.05, 0.1) is 19.0 Å². The largest absolute Gasteiger partial charge is 0.470 e. The number of amidine groups is 1. The molecule has 0 aliphatic carbocycles. The molecule has 1 aromatic heterocycles. The SMILES string of the molecule is Cl.NC1=N[C@@](c2cc(CC(=O)c3cnc(OCC(F)F)cn3)ccc2F)(C(F)F)COC1. The van der Waals surface area contributed by atoms with Crippen molar-refractivity contribution in [3.63, 3.8) is 0 Å². The van der Waals surface area contributed by atoms with Crippen molar-refractivity contribution in [3.05, 3.63) is 53.2 Å². The standard InChI is InChI=1S/C19H17F5N4O3.ClH/c20-12-2-1-10(3-11(12)19(18(23)24)9-30-8-16(25)28-19)4-14(29)13-5-27-17(6-26-13)31-7-15(21)22;/h1-3,5-6,15,18H,4,7-9H2,(H2,25,28);1H/t19-;/m0./s1. The van der Waals surface area contributed by atoms with Gasteiger partial charge in [-0.2, -0.15) is 0 Å². The van der Waals surface area contributed by atoms with Gasteiger partial charge >= 0.3 is 0 Å². The third-order valence-electron chi connectivity index (χ3n) is 4.41. The van der Waals surface area contributed by atoms with Crippen molar-refractivity contribution in [2.75, 3.05) is 19.8 Å². The summed E-state index contributed by atoms with van der Waals surface area (Å²) in [6.07, 6.45) is -4.07. The third kappa shape index (κ3) is 5.68. The molecule has 3 rings (SSSR count). The number of nitrogens with zero attached hydrogens (tertiary/aromatic N) is 3. The lowest BCUT2D eigenvalue weighted by molar-refractivity contribution is -0.0146. The Morgan fingerprint density at radius 1 is 1.22 bits per heavy atom. The normalized spacial score (nSPS) is 18.3. The Bertz CT molecular complexity index is 978. The Morgan fingerprint density at radius 2 is 1.97 bits per heavy atom. The van der Waals surface area contributed by atoms with Crippen LogP contribution in [0.25, 0.3) is 0 Å². The molecule has 2 aromatic rings. The lowest BCUT2D eigenvalue weighted by Gasteiger charge is -2.33. The fraction of sp³-hybridized carbons (Fsp3) is 0.368. The summed E-state index contributed by atoms with van der Waals surface area (Å²) < 4.78 is 76.2. The average molecular weight is 481 g/mol. The minimum atomic E-state index is -3.11. The number of ether oxygens (including phenoxy) is 2. The smallest absolute Gasteiger partial charge is 0.272 e. The molecule has 0 unspecified atom stereocenters. The summed E-state index contributed by atoms with van der Waals surface area (Å²) in [7, 11) is 0. The number of ketones is 1. The average Bonchev–Trinajstić information content (AvgIpc) is 2.73. The van der Waals surface area contributed by atoms with Gasteiger partial charge in [-0.3, -0.25) is 9.79 Å². The van der Waals surface area contributed by atoms with Crippen LogP contribution in [0.2, 0.25) is 0 Å². The molecule has 13 heteroatoms. The second-order valence-corrected chi connectivity index (χ2v) is 6.68. The number of carbonyl (C=O) groups excluding carboxylic acids is 1. The van der Waals surface area contributed by atoms with Crippen LogP contribution in [0, 0.1) is 5.82 Å². The molecule has 0 amide bonds. The first-order valence-corrected chi connectivity index (χ1v) is 8.96. The molecule has 1 atom stereocenters. The number of nitrogens with two attached hydrogens (primary N) is 1. The van der Waals surface area contributed by atoms with E-state index in [9.17, 15) is 26.7 Å². The Kier molecular flexibility index (Phi) is 8.44. The summed E-state index contributed by atoms with van der Waals surface area (Å²) in [5.41, 5.74) is 2.87. The molecule has 0 saturated carbocycles. The highest BCUT2D eigenvalue weighted by atomic mass is 35.5. The summed E-state index contributed by atoms with van der Waals surface area (Å²) in [6, 6.07) is 3.33. The molecule has 0 bridgehead atoms. The molecule has 32 heavy (non-hydrogen) atoms. The van der Waals surface area contributed by atoms with E-state index in [0.717, 1.165) is 24.5 Å². The summed E-state index contributed by atoms with van der Waals surface area (Å²) in [5.74, 6) is -1.89. The van der Waals surface area contributed by atoms with Gasteiger partial charge in [0.15, 0.2) is 17.9 Å². The molecule has 174 valence electrons. The van der Waals surface area contributed by atoms with E-state index < -0.39 is 48.8 Å². The van der Waals surface area contributed by atoms with Crippen LogP contribution in [0.15, 0.2) is 35.6 Å². The number of rotatable bonds is 8. The maximum Gasteiger partial charge on any atom is 0.272 e. The number of halogens is 6. The Hall–Kier alpha value is -2.86. The zero-order valence-corrected chi connectivity index (χ0v) is 17.1. The van der Waals surface area contributed by atoms with Gasteiger partial charge in [0.1, 0.15) is 24.0 Å². The van der Waals surface area contributed by atoms with E-state index >= 15 is 0 Å². The first kappa shape index (κ1) is 25.4. The molecule has 1 aliphatic rings. The maximum absolute atomic E-state index is 14.4. The molecule has 0 fully saturated rings. The molecule has 2 heterocycles. The first-order chi connectivity index (χ1) is 14.7. The molecule has 2 N–H and O–H groups in total. The van der Waals surface area contributed by atoms with E-state index in [1.54, 1.807) is 0 Å².